The fourth-order valence-corrected chi connectivity index (χ4v) is 4.32. The number of hydrogen-bond donors (Lipinski definition) is 1. The van der Waals surface area contributed by atoms with Crippen LogP contribution in [0.1, 0.15) is 26.2 Å². The van der Waals surface area contributed by atoms with E-state index < -0.39 is 10.0 Å². The molecule has 0 aromatic carbocycles. The summed E-state index contributed by atoms with van der Waals surface area (Å²) in [6.45, 7) is 4.44. The summed E-state index contributed by atoms with van der Waals surface area (Å²) in [5, 5.41) is 0. The minimum Gasteiger partial charge on any atom is -0.377 e. The van der Waals surface area contributed by atoms with Gasteiger partial charge in [0, 0.05) is 19.7 Å². The molecule has 0 saturated carbocycles. The minimum absolute atomic E-state index is 0. The van der Waals surface area contributed by atoms with E-state index in [1.54, 1.807) is 4.31 Å². The zero-order valence-corrected chi connectivity index (χ0v) is 12.4. The van der Waals surface area contributed by atoms with E-state index in [0.717, 1.165) is 19.3 Å². The topological polar surface area (TPSA) is 72.6 Å². The monoisotopic (exact) mass is 298 g/mol. The molecular formula is C11H23ClN2O3S. The fourth-order valence-electron chi connectivity index (χ4n) is 2.50. The lowest BCUT2D eigenvalue weighted by Crippen LogP contribution is -2.38. The van der Waals surface area contributed by atoms with Gasteiger partial charge in [-0.25, -0.2) is 12.7 Å². The van der Waals surface area contributed by atoms with Crippen LogP contribution in [0.3, 0.4) is 0 Å². The molecule has 2 atom stereocenters. The predicted molar refractivity (Wildman–Crippen MR) is 73.4 cm³/mol. The average Bonchev–Trinajstić information content (AvgIpc) is 2.88. The van der Waals surface area contributed by atoms with Crippen molar-refractivity contribution in [2.75, 3.05) is 32.0 Å². The number of halogens is 1. The predicted octanol–water partition coefficient (Wildman–Crippen LogP) is 0.588. The molecule has 7 heteroatoms. The lowest BCUT2D eigenvalue weighted by atomic mass is 9.90. The first-order valence-corrected chi connectivity index (χ1v) is 7.86. The van der Waals surface area contributed by atoms with Crippen molar-refractivity contribution in [3.8, 4) is 0 Å². The summed E-state index contributed by atoms with van der Waals surface area (Å²) in [6, 6.07) is 0. The standard InChI is InChI=1S/C11H22N2O3S.ClH/c1-11(8-12)4-5-13(9-11)17(14,15)7-10-3-2-6-16-10;/h10H,2-9,12H2,1H3;1H. The van der Waals surface area contributed by atoms with Gasteiger partial charge in [0.05, 0.1) is 11.9 Å². The number of nitrogens with zero attached hydrogens (tertiary/aromatic N) is 1. The Hall–Kier alpha value is 0.120. The summed E-state index contributed by atoms with van der Waals surface area (Å²) in [4.78, 5) is 0. The molecule has 0 aromatic heterocycles. The van der Waals surface area contributed by atoms with E-state index in [9.17, 15) is 8.42 Å². The maximum Gasteiger partial charge on any atom is 0.216 e. The van der Waals surface area contributed by atoms with Gasteiger partial charge in [0.15, 0.2) is 0 Å². The van der Waals surface area contributed by atoms with E-state index >= 15 is 0 Å². The molecule has 0 spiro atoms. The van der Waals surface area contributed by atoms with Crippen LogP contribution < -0.4 is 5.73 Å². The largest absolute Gasteiger partial charge is 0.377 e. The highest BCUT2D eigenvalue weighted by Crippen LogP contribution is 2.31. The molecule has 5 nitrogen and oxygen atoms in total. The van der Waals surface area contributed by atoms with Gasteiger partial charge in [-0.3, -0.25) is 0 Å². The molecule has 2 rings (SSSR count). The van der Waals surface area contributed by atoms with Crippen LogP contribution in [0.5, 0.6) is 0 Å². The van der Waals surface area contributed by atoms with Gasteiger partial charge < -0.3 is 10.5 Å². The van der Waals surface area contributed by atoms with E-state index in [1.165, 1.54) is 0 Å². The molecule has 2 unspecified atom stereocenters. The van der Waals surface area contributed by atoms with Crippen molar-refractivity contribution in [2.24, 2.45) is 11.1 Å². The van der Waals surface area contributed by atoms with Crippen molar-refractivity contribution in [2.45, 2.75) is 32.3 Å². The molecule has 2 saturated heterocycles. The van der Waals surface area contributed by atoms with Gasteiger partial charge in [-0.1, -0.05) is 6.92 Å². The second-order valence-electron chi connectivity index (χ2n) is 5.51. The molecule has 0 amide bonds. The van der Waals surface area contributed by atoms with Crippen LogP contribution >= 0.6 is 12.4 Å². The van der Waals surface area contributed by atoms with E-state index in [4.69, 9.17) is 10.5 Å². The highest BCUT2D eigenvalue weighted by Gasteiger charge is 2.39. The zero-order chi connectivity index (χ0) is 12.5. The van der Waals surface area contributed by atoms with Crippen molar-refractivity contribution in [1.82, 2.24) is 4.31 Å². The second kappa shape index (κ2) is 6.05. The van der Waals surface area contributed by atoms with Crippen LogP contribution in [0.25, 0.3) is 0 Å². The van der Waals surface area contributed by atoms with E-state index in [2.05, 4.69) is 6.92 Å². The molecule has 108 valence electrons. The molecule has 0 aliphatic carbocycles. The maximum atomic E-state index is 12.2. The molecular weight excluding hydrogens is 276 g/mol. The van der Waals surface area contributed by atoms with Crippen LogP contribution in [0.4, 0.5) is 0 Å². The van der Waals surface area contributed by atoms with Gasteiger partial charge >= 0.3 is 0 Å². The van der Waals surface area contributed by atoms with Crippen molar-refractivity contribution in [3.05, 3.63) is 0 Å². The van der Waals surface area contributed by atoms with Gasteiger partial charge in [-0.2, -0.15) is 0 Å². The summed E-state index contributed by atoms with van der Waals surface area (Å²) in [5.41, 5.74) is 5.64. The lowest BCUT2D eigenvalue weighted by Gasteiger charge is -2.23. The average molecular weight is 299 g/mol. The normalized spacial score (nSPS) is 33.6. The van der Waals surface area contributed by atoms with Gasteiger partial charge in [0.1, 0.15) is 0 Å². The van der Waals surface area contributed by atoms with Crippen molar-refractivity contribution in [3.63, 3.8) is 0 Å². The smallest absolute Gasteiger partial charge is 0.216 e. The minimum atomic E-state index is -3.17. The Balaban J connectivity index is 0.00000162. The summed E-state index contributed by atoms with van der Waals surface area (Å²) in [5.74, 6) is 0.133. The van der Waals surface area contributed by atoms with Crippen LogP contribution in [0, 0.1) is 5.41 Å². The second-order valence-corrected chi connectivity index (χ2v) is 7.53. The summed E-state index contributed by atoms with van der Waals surface area (Å²) < 4.78 is 31.4. The molecule has 2 N–H and O–H groups in total. The lowest BCUT2D eigenvalue weighted by molar-refractivity contribution is 0.126. The quantitative estimate of drug-likeness (QED) is 0.824. The van der Waals surface area contributed by atoms with Crippen molar-refractivity contribution in [1.29, 1.82) is 0 Å². The van der Waals surface area contributed by atoms with Gasteiger partial charge in [-0.05, 0) is 31.2 Å². The Labute approximate surface area is 116 Å². The number of sulfonamides is 1. The molecule has 2 heterocycles. The molecule has 2 fully saturated rings. The highest BCUT2D eigenvalue weighted by molar-refractivity contribution is 7.89. The first kappa shape index (κ1) is 16.2. The number of ether oxygens (including phenoxy) is 1. The summed E-state index contributed by atoms with van der Waals surface area (Å²) >= 11 is 0. The maximum absolute atomic E-state index is 12.2. The third-order valence-electron chi connectivity index (χ3n) is 3.83. The number of rotatable bonds is 4. The van der Waals surface area contributed by atoms with Crippen molar-refractivity contribution < 1.29 is 13.2 Å². The third-order valence-corrected chi connectivity index (χ3v) is 5.72. The SMILES string of the molecule is CC1(CN)CCN(S(=O)(=O)CC2CCCO2)C1.Cl. The van der Waals surface area contributed by atoms with Crippen molar-refractivity contribution >= 4 is 22.4 Å². The van der Waals surface area contributed by atoms with Gasteiger partial charge in [-0.15, -0.1) is 12.4 Å². The fraction of sp³-hybridized carbons (Fsp3) is 1.00. The third kappa shape index (κ3) is 3.57. The Morgan fingerprint density at radius 1 is 1.50 bits per heavy atom. The highest BCUT2D eigenvalue weighted by atomic mass is 35.5. The first-order chi connectivity index (χ1) is 7.95. The molecule has 18 heavy (non-hydrogen) atoms. The zero-order valence-electron chi connectivity index (χ0n) is 10.8. The Bertz CT molecular complexity index is 370. The molecule has 0 bridgehead atoms. The summed E-state index contributed by atoms with van der Waals surface area (Å²) in [7, 11) is -3.17. The number of nitrogens with two attached hydrogens (primary N) is 1. The van der Waals surface area contributed by atoms with E-state index in [1.807, 2.05) is 0 Å². The van der Waals surface area contributed by atoms with Crippen LogP contribution in [0.15, 0.2) is 0 Å². The van der Waals surface area contributed by atoms with Crippen LogP contribution in [-0.2, 0) is 14.8 Å². The summed E-state index contributed by atoms with van der Waals surface area (Å²) in [6.07, 6.45) is 2.58. The Morgan fingerprint density at radius 2 is 2.22 bits per heavy atom. The van der Waals surface area contributed by atoms with Gasteiger partial charge in [0.2, 0.25) is 10.0 Å². The Morgan fingerprint density at radius 3 is 2.72 bits per heavy atom. The van der Waals surface area contributed by atoms with Crippen LogP contribution in [0.2, 0.25) is 0 Å². The van der Waals surface area contributed by atoms with E-state index in [0.29, 0.717) is 26.2 Å². The molecule has 0 radical (unpaired) electrons. The molecule has 0 aromatic rings. The molecule has 2 aliphatic heterocycles. The number of hydrogen-bond acceptors (Lipinski definition) is 4. The molecule has 2 aliphatic rings. The Kier molecular flexibility index (Phi) is 5.44. The van der Waals surface area contributed by atoms with E-state index in [-0.39, 0.29) is 29.7 Å². The van der Waals surface area contributed by atoms with Gasteiger partial charge in [0.25, 0.3) is 0 Å². The van der Waals surface area contributed by atoms with Crippen LogP contribution in [-0.4, -0.2) is 50.8 Å². The first-order valence-electron chi connectivity index (χ1n) is 6.25.